The van der Waals surface area contributed by atoms with E-state index in [1.807, 2.05) is 0 Å². The molecule has 12 nitrogen and oxygen atoms in total. The molecular weight excluding hydrogens is 542 g/mol. The number of anilines is 4. The Morgan fingerprint density at radius 1 is 1.10 bits per heavy atom. The van der Waals surface area contributed by atoms with Crippen LogP contribution in [0.4, 0.5) is 22.7 Å². The van der Waals surface area contributed by atoms with Crippen LogP contribution in [0.15, 0.2) is 29.2 Å². The lowest BCUT2D eigenvalue weighted by Crippen LogP contribution is -2.38. The molecule has 0 unspecified atom stereocenters. The van der Waals surface area contributed by atoms with E-state index in [0.717, 1.165) is 53.5 Å². The normalized spacial score (nSPS) is 16.3. The molecule has 4 heterocycles. The van der Waals surface area contributed by atoms with Gasteiger partial charge in [0, 0.05) is 31.7 Å². The lowest BCUT2D eigenvalue weighted by Gasteiger charge is -2.36. The smallest absolute Gasteiger partial charge is 0.347 e. The molecule has 0 spiro atoms. The number of hydrogen-bond donors (Lipinski definition) is 4. The van der Waals surface area contributed by atoms with Crippen molar-refractivity contribution in [1.29, 1.82) is 0 Å². The first-order valence-electron chi connectivity index (χ1n) is 12.7. The van der Waals surface area contributed by atoms with Gasteiger partial charge in [0.2, 0.25) is 16.0 Å². The van der Waals surface area contributed by atoms with Crippen LogP contribution < -0.4 is 19.8 Å². The second-order valence-electron chi connectivity index (χ2n) is 9.63. The van der Waals surface area contributed by atoms with Crippen LogP contribution in [0.25, 0.3) is 0 Å². The van der Waals surface area contributed by atoms with Gasteiger partial charge in [-0.15, -0.1) is 0 Å². The van der Waals surface area contributed by atoms with E-state index in [1.165, 1.54) is 7.05 Å². The van der Waals surface area contributed by atoms with E-state index in [1.54, 1.807) is 31.2 Å². The van der Waals surface area contributed by atoms with Crippen LogP contribution in [-0.4, -0.2) is 72.3 Å². The van der Waals surface area contributed by atoms with Crippen molar-refractivity contribution in [2.45, 2.75) is 50.2 Å². The number of nitrogens with one attached hydrogen (secondary N) is 2. The Kier molecular flexibility index (Phi) is 7.71. The molecule has 3 aromatic rings. The number of sulfonamides is 1. The van der Waals surface area contributed by atoms with Gasteiger partial charge in [-0.1, -0.05) is 23.5 Å². The molecule has 1 saturated heterocycles. The summed E-state index contributed by atoms with van der Waals surface area (Å²) in [7, 11) is -2.13. The largest absolute Gasteiger partial charge is 0.477 e. The molecule has 2 aliphatic heterocycles. The predicted molar refractivity (Wildman–Crippen MR) is 149 cm³/mol. The molecule has 0 bridgehead atoms. The standard InChI is InChI=1S/C25H31N7O5S2/c1-15-20(23(34)35)38-25(27-15)30-24-28-21(31-12-9-17(33)10-13-31)19-4-3-11-32(22(19)29-24)14-16-5-7-18(8-6-16)39(36,37)26-2/h5-8,17,26,33H,3-4,9-14H2,1-2H3,(H,34,35)(H,27,28,29,30). The molecule has 2 aliphatic rings. The summed E-state index contributed by atoms with van der Waals surface area (Å²) in [6, 6.07) is 6.79. The lowest BCUT2D eigenvalue weighted by atomic mass is 10.0. The molecular formula is C25H31N7O5S2. The van der Waals surface area contributed by atoms with E-state index in [0.29, 0.717) is 49.2 Å². The molecule has 2 aromatic heterocycles. The van der Waals surface area contributed by atoms with Crippen LogP contribution >= 0.6 is 11.3 Å². The monoisotopic (exact) mass is 573 g/mol. The van der Waals surface area contributed by atoms with Gasteiger partial charge in [-0.25, -0.2) is 22.9 Å². The SMILES string of the molecule is CNS(=O)(=O)c1ccc(CN2CCCc3c(N4CCC(O)CC4)nc(Nc4nc(C)c(C(=O)O)s4)nc32)cc1. The van der Waals surface area contributed by atoms with Crippen molar-refractivity contribution in [2.24, 2.45) is 0 Å². The average Bonchev–Trinajstić information content (AvgIpc) is 3.29. The van der Waals surface area contributed by atoms with Crippen molar-refractivity contribution in [1.82, 2.24) is 19.7 Å². The molecule has 0 amide bonds. The zero-order valence-corrected chi connectivity index (χ0v) is 23.3. The molecule has 0 radical (unpaired) electrons. The molecule has 0 atom stereocenters. The summed E-state index contributed by atoms with van der Waals surface area (Å²) in [6.45, 7) is 4.28. The second-order valence-corrected chi connectivity index (χ2v) is 12.5. The summed E-state index contributed by atoms with van der Waals surface area (Å²) in [5, 5.41) is 23.0. The Morgan fingerprint density at radius 2 is 1.79 bits per heavy atom. The number of thiazole rings is 1. The quantitative estimate of drug-likeness (QED) is 0.313. The van der Waals surface area contributed by atoms with Crippen LogP contribution in [0, 0.1) is 6.92 Å². The van der Waals surface area contributed by atoms with Crippen molar-refractivity contribution < 1.29 is 23.4 Å². The highest BCUT2D eigenvalue weighted by molar-refractivity contribution is 7.89. The molecule has 208 valence electrons. The number of rotatable bonds is 8. The van der Waals surface area contributed by atoms with Gasteiger partial charge in [-0.05, 0) is 57.4 Å². The summed E-state index contributed by atoms with van der Waals surface area (Å²) in [5.41, 5.74) is 2.39. The average molecular weight is 574 g/mol. The van der Waals surface area contributed by atoms with E-state index < -0.39 is 16.0 Å². The van der Waals surface area contributed by atoms with Crippen LogP contribution in [0.1, 0.15) is 45.8 Å². The van der Waals surface area contributed by atoms with E-state index in [-0.39, 0.29) is 15.9 Å². The van der Waals surface area contributed by atoms with E-state index in [9.17, 15) is 23.4 Å². The number of hydrogen-bond acceptors (Lipinski definition) is 11. The molecule has 1 aromatic carbocycles. The number of aliphatic hydroxyl groups is 1. The number of piperidine rings is 1. The molecule has 14 heteroatoms. The summed E-state index contributed by atoms with van der Waals surface area (Å²) < 4.78 is 26.6. The van der Waals surface area contributed by atoms with Crippen LogP contribution in [0.2, 0.25) is 0 Å². The number of benzene rings is 1. The first-order chi connectivity index (χ1) is 18.6. The number of aliphatic hydroxyl groups excluding tert-OH is 1. The van der Waals surface area contributed by atoms with E-state index in [2.05, 4.69) is 24.8 Å². The van der Waals surface area contributed by atoms with Crippen molar-refractivity contribution in [3.8, 4) is 0 Å². The topological polar surface area (TPSA) is 161 Å². The fourth-order valence-corrected chi connectivity index (χ4v) is 6.43. The third kappa shape index (κ3) is 5.83. The van der Waals surface area contributed by atoms with E-state index in [4.69, 9.17) is 9.97 Å². The third-order valence-corrected chi connectivity index (χ3v) is 9.46. The number of nitrogens with zero attached hydrogens (tertiary/aromatic N) is 5. The highest BCUT2D eigenvalue weighted by Gasteiger charge is 2.29. The Labute approximate surface area is 230 Å². The van der Waals surface area contributed by atoms with Crippen molar-refractivity contribution in [3.05, 3.63) is 46.0 Å². The highest BCUT2D eigenvalue weighted by Crippen LogP contribution is 2.36. The number of aromatic nitrogens is 3. The first-order valence-corrected chi connectivity index (χ1v) is 15.0. The Balaban J connectivity index is 1.49. The number of aromatic carboxylic acids is 1. The molecule has 1 fully saturated rings. The molecule has 5 rings (SSSR count). The number of aryl methyl sites for hydroxylation is 1. The van der Waals surface area contributed by atoms with Crippen LogP contribution in [0.3, 0.4) is 0 Å². The maximum Gasteiger partial charge on any atom is 0.347 e. The highest BCUT2D eigenvalue weighted by atomic mass is 32.2. The summed E-state index contributed by atoms with van der Waals surface area (Å²) in [4.78, 5) is 30.3. The van der Waals surface area contributed by atoms with Gasteiger partial charge < -0.3 is 20.0 Å². The molecule has 4 N–H and O–H groups in total. The summed E-state index contributed by atoms with van der Waals surface area (Å²) in [6.07, 6.45) is 2.70. The van der Waals surface area contributed by atoms with Gasteiger partial charge in [0.25, 0.3) is 0 Å². The predicted octanol–water partition coefficient (Wildman–Crippen LogP) is 2.51. The molecule has 0 saturated carbocycles. The minimum Gasteiger partial charge on any atom is -0.477 e. The van der Waals surface area contributed by atoms with Crippen molar-refractivity contribution in [3.63, 3.8) is 0 Å². The van der Waals surface area contributed by atoms with Gasteiger partial charge in [0.15, 0.2) is 5.13 Å². The fraction of sp³-hybridized carbons (Fsp3) is 0.440. The zero-order chi connectivity index (χ0) is 27.7. The number of fused-ring (bicyclic) bond motifs is 1. The van der Waals surface area contributed by atoms with Gasteiger partial charge >= 0.3 is 5.97 Å². The minimum atomic E-state index is -3.52. The number of carboxylic acids is 1. The van der Waals surface area contributed by atoms with Crippen LogP contribution in [0.5, 0.6) is 0 Å². The number of carboxylic acid groups (broad SMARTS) is 1. The third-order valence-electron chi connectivity index (χ3n) is 6.97. The van der Waals surface area contributed by atoms with Crippen molar-refractivity contribution >= 4 is 50.0 Å². The summed E-state index contributed by atoms with van der Waals surface area (Å²) >= 11 is 1.03. The Hall–Kier alpha value is -3.33. The number of carbonyl (C=O) groups is 1. The zero-order valence-electron chi connectivity index (χ0n) is 21.7. The first kappa shape index (κ1) is 27.2. The summed E-state index contributed by atoms with van der Waals surface area (Å²) in [5.74, 6) is 0.874. The van der Waals surface area contributed by atoms with E-state index >= 15 is 0 Å². The maximum absolute atomic E-state index is 12.1. The van der Waals surface area contributed by atoms with Gasteiger partial charge in [-0.2, -0.15) is 9.97 Å². The molecule has 0 aliphatic carbocycles. The van der Waals surface area contributed by atoms with Gasteiger partial charge in [0.05, 0.1) is 16.7 Å². The van der Waals surface area contributed by atoms with Gasteiger partial charge in [-0.3, -0.25) is 5.32 Å². The molecule has 39 heavy (non-hydrogen) atoms. The van der Waals surface area contributed by atoms with Crippen molar-refractivity contribution in [2.75, 3.05) is 41.8 Å². The minimum absolute atomic E-state index is 0.158. The fourth-order valence-electron chi connectivity index (χ4n) is 4.90. The lowest BCUT2D eigenvalue weighted by molar-refractivity contribution is 0.0701. The Morgan fingerprint density at radius 3 is 2.44 bits per heavy atom. The van der Waals surface area contributed by atoms with Gasteiger partial charge in [0.1, 0.15) is 16.5 Å². The Bertz CT molecular complexity index is 1470. The second kappa shape index (κ2) is 11.0. The van der Waals surface area contributed by atoms with Crippen LogP contribution in [-0.2, 0) is 23.0 Å². The maximum atomic E-state index is 12.1.